The molecular formula is C22H22N4. The third-order valence-electron chi connectivity index (χ3n) is 4.63. The van der Waals surface area contributed by atoms with Gasteiger partial charge in [0.05, 0.1) is 5.69 Å². The van der Waals surface area contributed by atoms with Gasteiger partial charge in [0.1, 0.15) is 17.4 Å². The van der Waals surface area contributed by atoms with Gasteiger partial charge in [-0.15, -0.1) is 0 Å². The SMILES string of the molecule is CCCCNc1ncnc2c1nc(-c1ccc(C)cc1)c1ccccc12. The lowest BCUT2D eigenvalue weighted by Gasteiger charge is -2.12. The normalized spacial score (nSPS) is 11.2. The summed E-state index contributed by atoms with van der Waals surface area (Å²) in [5.41, 5.74) is 5.05. The number of fused-ring (bicyclic) bond motifs is 3. The van der Waals surface area contributed by atoms with E-state index in [9.17, 15) is 0 Å². The minimum Gasteiger partial charge on any atom is -0.368 e. The Kier molecular flexibility index (Phi) is 4.48. The Morgan fingerprint density at radius 1 is 0.885 bits per heavy atom. The van der Waals surface area contributed by atoms with Gasteiger partial charge in [0.2, 0.25) is 0 Å². The molecule has 0 fully saturated rings. The van der Waals surface area contributed by atoms with Crippen molar-refractivity contribution in [2.24, 2.45) is 0 Å². The van der Waals surface area contributed by atoms with Crippen LogP contribution in [0.15, 0.2) is 54.9 Å². The van der Waals surface area contributed by atoms with Crippen LogP contribution in [0.3, 0.4) is 0 Å². The molecule has 0 amide bonds. The van der Waals surface area contributed by atoms with E-state index < -0.39 is 0 Å². The Morgan fingerprint density at radius 3 is 2.42 bits per heavy atom. The fraction of sp³-hybridized carbons (Fsp3) is 0.227. The first kappa shape index (κ1) is 16.5. The Balaban J connectivity index is 1.97. The minimum atomic E-state index is 0.808. The van der Waals surface area contributed by atoms with Gasteiger partial charge >= 0.3 is 0 Å². The molecule has 0 unspecified atom stereocenters. The molecule has 0 aliphatic heterocycles. The topological polar surface area (TPSA) is 50.7 Å². The molecule has 2 aromatic carbocycles. The molecule has 0 bridgehead atoms. The molecule has 0 aliphatic rings. The van der Waals surface area contributed by atoms with Gasteiger partial charge in [-0.25, -0.2) is 15.0 Å². The number of aryl methyl sites for hydroxylation is 1. The maximum Gasteiger partial charge on any atom is 0.156 e. The standard InChI is InChI=1S/C22H22N4/c1-3-4-13-23-22-21-20(24-14-25-22)18-8-6-5-7-17(18)19(26-21)16-11-9-15(2)10-12-16/h5-12,14H,3-4,13H2,1-2H3,(H,23,24,25). The quantitative estimate of drug-likeness (QED) is 0.391. The third-order valence-corrected chi connectivity index (χ3v) is 4.63. The highest BCUT2D eigenvalue weighted by Gasteiger charge is 2.14. The van der Waals surface area contributed by atoms with Gasteiger partial charge in [0.15, 0.2) is 5.82 Å². The number of rotatable bonds is 5. The van der Waals surface area contributed by atoms with Crippen molar-refractivity contribution in [2.45, 2.75) is 26.7 Å². The molecule has 26 heavy (non-hydrogen) atoms. The van der Waals surface area contributed by atoms with Crippen molar-refractivity contribution in [1.29, 1.82) is 0 Å². The number of benzene rings is 2. The number of anilines is 1. The van der Waals surface area contributed by atoms with Crippen molar-refractivity contribution in [3.8, 4) is 11.3 Å². The Hall–Kier alpha value is -3.01. The van der Waals surface area contributed by atoms with Crippen molar-refractivity contribution < 1.29 is 0 Å². The van der Waals surface area contributed by atoms with Gasteiger partial charge in [-0.05, 0) is 13.3 Å². The van der Waals surface area contributed by atoms with Crippen molar-refractivity contribution in [3.05, 3.63) is 60.4 Å². The van der Waals surface area contributed by atoms with Crippen LogP contribution in [0.1, 0.15) is 25.3 Å². The van der Waals surface area contributed by atoms with Gasteiger partial charge in [-0.1, -0.05) is 67.4 Å². The number of pyridine rings is 1. The number of unbranched alkanes of at least 4 members (excludes halogenated alkanes) is 1. The van der Waals surface area contributed by atoms with E-state index in [4.69, 9.17) is 4.98 Å². The maximum atomic E-state index is 4.99. The van der Waals surface area contributed by atoms with Crippen molar-refractivity contribution in [2.75, 3.05) is 11.9 Å². The summed E-state index contributed by atoms with van der Waals surface area (Å²) in [7, 11) is 0. The molecule has 130 valence electrons. The van der Waals surface area contributed by atoms with Gasteiger partial charge in [0, 0.05) is 22.9 Å². The third kappa shape index (κ3) is 2.99. The second kappa shape index (κ2) is 7.08. The zero-order chi connectivity index (χ0) is 17.9. The van der Waals surface area contributed by atoms with Gasteiger partial charge in [0.25, 0.3) is 0 Å². The number of nitrogens with one attached hydrogen (secondary N) is 1. The zero-order valence-corrected chi connectivity index (χ0v) is 15.2. The average molecular weight is 342 g/mol. The molecule has 0 saturated heterocycles. The van der Waals surface area contributed by atoms with Crippen LogP contribution in [-0.4, -0.2) is 21.5 Å². The highest BCUT2D eigenvalue weighted by Crippen LogP contribution is 2.33. The second-order valence-electron chi connectivity index (χ2n) is 6.57. The largest absolute Gasteiger partial charge is 0.368 e. The van der Waals surface area contributed by atoms with Gasteiger partial charge < -0.3 is 5.32 Å². The fourth-order valence-electron chi connectivity index (χ4n) is 3.19. The highest BCUT2D eigenvalue weighted by molar-refractivity contribution is 6.11. The lowest BCUT2D eigenvalue weighted by atomic mass is 10.0. The molecule has 0 aliphatic carbocycles. The molecule has 4 heteroatoms. The summed E-state index contributed by atoms with van der Waals surface area (Å²) in [5, 5.41) is 5.65. The molecule has 4 rings (SSSR count). The van der Waals surface area contributed by atoms with E-state index in [2.05, 4.69) is 71.6 Å². The van der Waals surface area contributed by atoms with E-state index >= 15 is 0 Å². The van der Waals surface area contributed by atoms with Crippen LogP contribution in [0.4, 0.5) is 5.82 Å². The molecular weight excluding hydrogens is 320 g/mol. The van der Waals surface area contributed by atoms with Crippen LogP contribution in [0, 0.1) is 6.92 Å². The lowest BCUT2D eigenvalue weighted by Crippen LogP contribution is -2.05. The predicted octanol–water partition coefficient (Wildman–Crippen LogP) is 5.37. The van der Waals surface area contributed by atoms with Gasteiger partial charge in [-0.3, -0.25) is 0 Å². The first-order valence-electron chi connectivity index (χ1n) is 9.12. The predicted molar refractivity (Wildman–Crippen MR) is 108 cm³/mol. The summed E-state index contributed by atoms with van der Waals surface area (Å²) in [4.78, 5) is 14.0. The molecule has 0 atom stereocenters. The number of hydrogen-bond donors (Lipinski definition) is 1. The number of hydrogen-bond acceptors (Lipinski definition) is 4. The monoisotopic (exact) mass is 342 g/mol. The van der Waals surface area contributed by atoms with Crippen LogP contribution in [-0.2, 0) is 0 Å². The number of nitrogens with zero attached hydrogens (tertiary/aromatic N) is 3. The van der Waals surface area contributed by atoms with Crippen LogP contribution in [0.2, 0.25) is 0 Å². The smallest absolute Gasteiger partial charge is 0.156 e. The molecule has 2 heterocycles. The number of aromatic nitrogens is 3. The van der Waals surface area contributed by atoms with Crippen LogP contribution in [0.5, 0.6) is 0 Å². The maximum absolute atomic E-state index is 4.99. The Labute approximate surface area is 153 Å². The van der Waals surface area contributed by atoms with E-state index in [0.717, 1.165) is 58.3 Å². The van der Waals surface area contributed by atoms with Crippen molar-refractivity contribution in [3.63, 3.8) is 0 Å². The summed E-state index contributed by atoms with van der Waals surface area (Å²) in [6.45, 7) is 5.16. The summed E-state index contributed by atoms with van der Waals surface area (Å²) in [6.07, 6.45) is 3.86. The van der Waals surface area contributed by atoms with Crippen molar-refractivity contribution >= 4 is 27.6 Å². The molecule has 2 aromatic heterocycles. The Morgan fingerprint density at radius 2 is 1.65 bits per heavy atom. The fourth-order valence-corrected chi connectivity index (χ4v) is 3.19. The van der Waals surface area contributed by atoms with Gasteiger partial charge in [-0.2, -0.15) is 0 Å². The second-order valence-corrected chi connectivity index (χ2v) is 6.57. The lowest BCUT2D eigenvalue weighted by molar-refractivity contribution is 0.831. The molecule has 0 spiro atoms. The first-order valence-corrected chi connectivity index (χ1v) is 9.12. The van der Waals surface area contributed by atoms with Crippen LogP contribution < -0.4 is 5.32 Å². The van der Waals surface area contributed by atoms with E-state index in [1.54, 1.807) is 6.33 Å². The summed E-state index contributed by atoms with van der Waals surface area (Å²) >= 11 is 0. The van der Waals surface area contributed by atoms with E-state index in [1.165, 1.54) is 5.56 Å². The van der Waals surface area contributed by atoms with E-state index in [0.29, 0.717) is 0 Å². The summed E-state index contributed by atoms with van der Waals surface area (Å²) < 4.78 is 0. The van der Waals surface area contributed by atoms with E-state index in [-0.39, 0.29) is 0 Å². The molecule has 0 saturated carbocycles. The average Bonchev–Trinajstić information content (AvgIpc) is 2.68. The highest BCUT2D eigenvalue weighted by atomic mass is 15.0. The zero-order valence-electron chi connectivity index (χ0n) is 15.2. The summed E-state index contributed by atoms with van der Waals surface area (Å²) in [5.74, 6) is 0.808. The van der Waals surface area contributed by atoms with Crippen LogP contribution >= 0.6 is 0 Å². The molecule has 1 N–H and O–H groups in total. The van der Waals surface area contributed by atoms with E-state index in [1.807, 2.05) is 6.07 Å². The molecule has 0 radical (unpaired) electrons. The molecule has 4 nitrogen and oxygen atoms in total. The minimum absolute atomic E-state index is 0.808. The molecule has 4 aromatic rings. The van der Waals surface area contributed by atoms with Crippen molar-refractivity contribution in [1.82, 2.24) is 15.0 Å². The Bertz CT molecular complexity index is 1050. The van der Waals surface area contributed by atoms with Crippen LogP contribution in [0.25, 0.3) is 33.1 Å². The first-order chi connectivity index (χ1) is 12.8. The summed E-state index contributed by atoms with van der Waals surface area (Å²) in [6, 6.07) is 16.8.